The van der Waals surface area contributed by atoms with Crippen LogP contribution in [-0.4, -0.2) is 38.5 Å². The molecule has 122 valence electrons. The van der Waals surface area contributed by atoms with Crippen molar-refractivity contribution in [2.45, 2.75) is 62.9 Å². The quantitative estimate of drug-likeness (QED) is 0.927. The van der Waals surface area contributed by atoms with Crippen molar-refractivity contribution in [3.8, 4) is 0 Å². The zero-order chi connectivity index (χ0) is 15.7. The molecule has 0 aromatic heterocycles. The van der Waals surface area contributed by atoms with Crippen LogP contribution in [0, 0.1) is 13.8 Å². The summed E-state index contributed by atoms with van der Waals surface area (Å²) in [6.07, 6.45) is 5.81. The number of rotatable bonds is 4. The van der Waals surface area contributed by atoms with E-state index in [0.29, 0.717) is 10.9 Å². The number of hydrogen-bond donors (Lipinski definition) is 1. The topological polar surface area (TPSA) is 49.4 Å². The van der Waals surface area contributed by atoms with Crippen molar-refractivity contribution in [3.05, 3.63) is 29.3 Å². The molecule has 3 rings (SSSR count). The fraction of sp³-hybridized carbons (Fsp3) is 0.647. The fourth-order valence-electron chi connectivity index (χ4n) is 3.65. The number of hydrogen-bond acceptors (Lipinski definition) is 3. The lowest BCUT2D eigenvalue weighted by molar-refractivity contribution is 0.0858. The highest BCUT2D eigenvalue weighted by atomic mass is 32.2. The van der Waals surface area contributed by atoms with Crippen molar-refractivity contribution >= 4 is 10.0 Å². The third-order valence-corrected chi connectivity index (χ3v) is 6.64. The van der Waals surface area contributed by atoms with Gasteiger partial charge in [-0.05, 0) is 64.3 Å². The molecule has 1 saturated carbocycles. The molecule has 4 nitrogen and oxygen atoms in total. The van der Waals surface area contributed by atoms with Gasteiger partial charge in [0.2, 0.25) is 10.0 Å². The van der Waals surface area contributed by atoms with Gasteiger partial charge in [0, 0.05) is 12.1 Å². The molecule has 1 aliphatic heterocycles. The summed E-state index contributed by atoms with van der Waals surface area (Å²) in [7, 11) is -3.39. The summed E-state index contributed by atoms with van der Waals surface area (Å²) in [6.45, 7) is 6.20. The molecule has 1 aliphatic carbocycles. The lowest BCUT2D eigenvalue weighted by atomic mass is 9.85. The Morgan fingerprint density at radius 2 is 1.77 bits per heavy atom. The molecule has 1 N–H and O–H groups in total. The van der Waals surface area contributed by atoms with Crippen molar-refractivity contribution in [1.29, 1.82) is 0 Å². The number of benzene rings is 1. The molecule has 1 aromatic carbocycles. The zero-order valence-electron chi connectivity index (χ0n) is 13.5. The van der Waals surface area contributed by atoms with Gasteiger partial charge in [0.15, 0.2) is 0 Å². The van der Waals surface area contributed by atoms with Gasteiger partial charge >= 0.3 is 0 Å². The van der Waals surface area contributed by atoms with Crippen molar-refractivity contribution in [2.24, 2.45) is 0 Å². The molecule has 0 unspecified atom stereocenters. The monoisotopic (exact) mass is 322 g/mol. The average molecular weight is 322 g/mol. The third-order valence-electron chi connectivity index (χ3n) is 4.96. The van der Waals surface area contributed by atoms with Crippen LogP contribution in [0.5, 0.6) is 0 Å². The van der Waals surface area contributed by atoms with Crippen LogP contribution in [0.4, 0.5) is 0 Å². The van der Waals surface area contributed by atoms with Crippen LogP contribution in [-0.2, 0) is 10.0 Å². The normalized spacial score (nSPS) is 26.6. The summed E-state index contributed by atoms with van der Waals surface area (Å²) in [5, 5.41) is 0. The van der Waals surface area contributed by atoms with E-state index in [9.17, 15) is 8.42 Å². The van der Waals surface area contributed by atoms with Crippen LogP contribution < -0.4 is 4.72 Å². The molecule has 0 atom stereocenters. The summed E-state index contributed by atoms with van der Waals surface area (Å²) in [6, 6.07) is 6.17. The number of sulfonamides is 1. The molecule has 2 aliphatic rings. The van der Waals surface area contributed by atoms with Crippen molar-refractivity contribution in [2.75, 3.05) is 13.1 Å². The molecule has 5 heteroatoms. The van der Waals surface area contributed by atoms with E-state index in [-0.39, 0.29) is 6.04 Å². The van der Waals surface area contributed by atoms with E-state index in [1.54, 1.807) is 6.07 Å². The maximum Gasteiger partial charge on any atom is 0.241 e. The highest BCUT2D eigenvalue weighted by Crippen LogP contribution is 2.29. The van der Waals surface area contributed by atoms with E-state index in [0.717, 1.165) is 24.0 Å². The Morgan fingerprint density at radius 1 is 1.09 bits per heavy atom. The van der Waals surface area contributed by atoms with Gasteiger partial charge in [-0.3, -0.25) is 0 Å². The Labute approximate surface area is 134 Å². The Balaban J connectivity index is 1.59. The van der Waals surface area contributed by atoms with Gasteiger partial charge < -0.3 is 4.90 Å². The SMILES string of the molecule is Cc1ccc(S(=O)(=O)NC2CC(N3CCCCC3)C2)c(C)c1. The second-order valence-electron chi connectivity index (χ2n) is 6.81. The number of nitrogens with one attached hydrogen (secondary N) is 1. The Hall–Kier alpha value is -0.910. The first-order valence-corrected chi connectivity index (χ1v) is 9.78. The van der Waals surface area contributed by atoms with Crippen LogP contribution in [0.15, 0.2) is 23.1 Å². The number of likely N-dealkylation sites (tertiary alicyclic amines) is 1. The summed E-state index contributed by atoms with van der Waals surface area (Å²) < 4.78 is 27.9. The van der Waals surface area contributed by atoms with Crippen LogP contribution >= 0.6 is 0 Å². The van der Waals surface area contributed by atoms with Crippen molar-refractivity contribution in [3.63, 3.8) is 0 Å². The highest BCUT2D eigenvalue weighted by molar-refractivity contribution is 7.89. The summed E-state index contributed by atoms with van der Waals surface area (Å²) in [5.41, 5.74) is 1.91. The molecule has 1 heterocycles. The standard InChI is InChI=1S/C17H26N2O2S/c1-13-6-7-17(14(2)10-13)22(20,21)18-15-11-16(12-15)19-8-4-3-5-9-19/h6-7,10,15-16,18H,3-5,8-9,11-12H2,1-2H3. The average Bonchev–Trinajstić information content (AvgIpc) is 2.43. The van der Waals surface area contributed by atoms with E-state index in [4.69, 9.17) is 0 Å². The summed E-state index contributed by atoms with van der Waals surface area (Å²) in [4.78, 5) is 2.95. The zero-order valence-corrected chi connectivity index (χ0v) is 14.3. The maximum atomic E-state index is 12.5. The number of piperidine rings is 1. The number of nitrogens with zero attached hydrogens (tertiary/aromatic N) is 1. The minimum atomic E-state index is -3.39. The largest absolute Gasteiger partial charge is 0.300 e. The van der Waals surface area contributed by atoms with Gasteiger partial charge in [-0.1, -0.05) is 24.1 Å². The second-order valence-corrected chi connectivity index (χ2v) is 8.49. The van der Waals surface area contributed by atoms with Crippen LogP contribution in [0.25, 0.3) is 0 Å². The maximum absolute atomic E-state index is 12.5. The van der Waals surface area contributed by atoms with Gasteiger partial charge in [-0.15, -0.1) is 0 Å². The number of aryl methyl sites for hydroxylation is 2. The Morgan fingerprint density at radius 3 is 2.41 bits per heavy atom. The van der Waals surface area contributed by atoms with E-state index in [1.807, 2.05) is 26.0 Å². The lowest BCUT2D eigenvalue weighted by Gasteiger charge is -2.44. The van der Waals surface area contributed by atoms with Gasteiger partial charge in [-0.2, -0.15) is 0 Å². The Kier molecular flexibility index (Phi) is 4.57. The van der Waals surface area contributed by atoms with E-state index < -0.39 is 10.0 Å². The van der Waals surface area contributed by atoms with Gasteiger partial charge in [-0.25, -0.2) is 13.1 Å². The van der Waals surface area contributed by atoms with Crippen molar-refractivity contribution in [1.82, 2.24) is 9.62 Å². The first-order valence-electron chi connectivity index (χ1n) is 8.29. The lowest BCUT2D eigenvalue weighted by Crippen LogP contribution is -2.54. The molecule has 22 heavy (non-hydrogen) atoms. The molecule has 2 fully saturated rings. The predicted molar refractivity (Wildman–Crippen MR) is 88.5 cm³/mol. The van der Waals surface area contributed by atoms with E-state index in [1.165, 1.54) is 32.4 Å². The molecular weight excluding hydrogens is 296 g/mol. The second kappa shape index (κ2) is 6.30. The van der Waals surface area contributed by atoms with Crippen molar-refractivity contribution < 1.29 is 8.42 Å². The van der Waals surface area contributed by atoms with Gasteiger partial charge in [0.25, 0.3) is 0 Å². The van der Waals surface area contributed by atoms with E-state index in [2.05, 4.69) is 9.62 Å². The smallest absolute Gasteiger partial charge is 0.241 e. The predicted octanol–water partition coefficient (Wildman–Crippen LogP) is 2.60. The van der Waals surface area contributed by atoms with Gasteiger partial charge in [0.1, 0.15) is 0 Å². The minimum absolute atomic E-state index is 0.0950. The molecule has 1 saturated heterocycles. The first kappa shape index (κ1) is 16.0. The molecular formula is C17H26N2O2S. The molecule has 1 aromatic rings. The summed E-state index contributed by atoms with van der Waals surface area (Å²) in [5.74, 6) is 0. The minimum Gasteiger partial charge on any atom is -0.300 e. The molecule has 0 spiro atoms. The molecule has 0 radical (unpaired) electrons. The van der Waals surface area contributed by atoms with Crippen LogP contribution in [0.3, 0.4) is 0 Å². The van der Waals surface area contributed by atoms with E-state index >= 15 is 0 Å². The fourth-order valence-corrected chi connectivity index (χ4v) is 5.14. The first-order chi connectivity index (χ1) is 10.5. The third kappa shape index (κ3) is 3.36. The summed E-state index contributed by atoms with van der Waals surface area (Å²) >= 11 is 0. The highest BCUT2D eigenvalue weighted by Gasteiger charge is 2.36. The molecule has 0 bridgehead atoms. The Bertz CT molecular complexity index is 630. The van der Waals surface area contributed by atoms with Crippen LogP contribution in [0.2, 0.25) is 0 Å². The molecule has 0 amide bonds. The van der Waals surface area contributed by atoms with Crippen LogP contribution in [0.1, 0.15) is 43.2 Å². The van der Waals surface area contributed by atoms with Gasteiger partial charge in [0.05, 0.1) is 4.90 Å².